The van der Waals surface area contributed by atoms with E-state index >= 15 is 0 Å². The number of hydrogen-bond donors (Lipinski definition) is 1. The zero-order valence-electron chi connectivity index (χ0n) is 11.1. The van der Waals surface area contributed by atoms with Crippen molar-refractivity contribution < 1.29 is 4.74 Å². The Bertz CT molecular complexity index is 556. The minimum absolute atomic E-state index is 0.150. The molecule has 2 N–H and O–H groups in total. The lowest BCUT2D eigenvalue weighted by Crippen LogP contribution is -2.47. The lowest BCUT2D eigenvalue weighted by molar-refractivity contribution is 0.175. The normalized spacial score (nSPS) is 18.4. The second kappa shape index (κ2) is 5.17. The Balaban J connectivity index is 1.78. The van der Waals surface area contributed by atoms with E-state index in [0.29, 0.717) is 6.61 Å². The minimum Gasteiger partial charge on any atom is -0.491 e. The number of para-hydroxylation sites is 1. The Hall–Kier alpha value is -1.61. The van der Waals surface area contributed by atoms with Crippen molar-refractivity contribution in [3.8, 4) is 5.75 Å². The summed E-state index contributed by atoms with van der Waals surface area (Å²) in [6.07, 6.45) is 7.67. The molecule has 3 rings (SSSR count). The number of benzene rings is 1. The summed E-state index contributed by atoms with van der Waals surface area (Å²) in [6.45, 7) is 0.598. The number of ether oxygens (including phenoxy) is 1. The smallest absolute Gasteiger partial charge is 0.130 e. The summed E-state index contributed by atoms with van der Waals surface area (Å²) in [7, 11) is 0. The van der Waals surface area contributed by atoms with Gasteiger partial charge in [0.1, 0.15) is 12.4 Å². The zero-order chi connectivity index (χ0) is 13.1. The van der Waals surface area contributed by atoms with Crippen LogP contribution in [0.15, 0.2) is 36.5 Å². The first-order chi connectivity index (χ1) is 9.27. The highest BCUT2D eigenvalue weighted by Crippen LogP contribution is 2.29. The van der Waals surface area contributed by atoms with Gasteiger partial charge in [0.05, 0.1) is 11.1 Å². The predicted octanol–water partition coefficient (Wildman–Crippen LogP) is 3.28. The third-order valence-electron chi connectivity index (χ3n) is 3.97. The lowest BCUT2D eigenvalue weighted by atomic mass is 9.83. The molecular weight excluding hydrogens is 236 g/mol. The van der Waals surface area contributed by atoms with Crippen molar-refractivity contribution in [3.63, 3.8) is 0 Å². The Kier molecular flexibility index (Phi) is 3.38. The molecule has 1 heterocycles. The Morgan fingerprint density at radius 3 is 2.74 bits per heavy atom. The van der Waals surface area contributed by atoms with E-state index in [0.717, 1.165) is 29.5 Å². The zero-order valence-corrected chi connectivity index (χ0v) is 11.1. The molecule has 1 aliphatic rings. The maximum absolute atomic E-state index is 6.41. The molecule has 1 aromatic heterocycles. The van der Waals surface area contributed by atoms with Crippen LogP contribution >= 0.6 is 0 Å². The highest BCUT2D eigenvalue weighted by atomic mass is 16.5. The van der Waals surface area contributed by atoms with Crippen LogP contribution in [0.3, 0.4) is 0 Å². The average molecular weight is 256 g/mol. The molecule has 0 aliphatic heterocycles. The largest absolute Gasteiger partial charge is 0.491 e. The van der Waals surface area contributed by atoms with Gasteiger partial charge in [-0.25, -0.2) is 0 Å². The summed E-state index contributed by atoms with van der Waals surface area (Å²) in [5.41, 5.74) is 7.23. The van der Waals surface area contributed by atoms with E-state index in [-0.39, 0.29) is 5.54 Å². The van der Waals surface area contributed by atoms with E-state index in [2.05, 4.69) is 4.98 Å². The third kappa shape index (κ3) is 2.71. The van der Waals surface area contributed by atoms with Gasteiger partial charge in [-0.15, -0.1) is 0 Å². The van der Waals surface area contributed by atoms with Crippen LogP contribution in [0, 0.1) is 0 Å². The Labute approximate surface area is 113 Å². The van der Waals surface area contributed by atoms with E-state index in [1.54, 1.807) is 6.20 Å². The van der Waals surface area contributed by atoms with Crippen molar-refractivity contribution in [3.05, 3.63) is 36.5 Å². The van der Waals surface area contributed by atoms with Crippen molar-refractivity contribution in [2.45, 2.75) is 37.6 Å². The molecule has 0 saturated heterocycles. The molecule has 3 heteroatoms. The van der Waals surface area contributed by atoms with E-state index in [1.165, 1.54) is 19.3 Å². The van der Waals surface area contributed by atoms with Gasteiger partial charge in [-0.3, -0.25) is 4.98 Å². The molecule has 1 aliphatic carbocycles. The highest BCUT2D eigenvalue weighted by Gasteiger charge is 2.28. The number of aromatic nitrogens is 1. The number of pyridine rings is 1. The number of nitrogens with zero attached hydrogens (tertiary/aromatic N) is 1. The summed E-state index contributed by atoms with van der Waals surface area (Å²) in [5.74, 6) is 0.890. The van der Waals surface area contributed by atoms with Gasteiger partial charge >= 0.3 is 0 Å². The molecule has 1 saturated carbocycles. The Morgan fingerprint density at radius 2 is 1.89 bits per heavy atom. The lowest BCUT2D eigenvalue weighted by Gasteiger charge is -2.33. The van der Waals surface area contributed by atoms with Gasteiger partial charge in [-0.05, 0) is 31.0 Å². The van der Waals surface area contributed by atoms with Crippen molar-refractivity contribution in [1.29, 1.82) is 0 Å². The summed E-state index contributed by atoms with van der Waals surface area (Å²) >= 11 is 0. The first-order valence-electron chi connectivity index (χ1n) is 7.02. The maximum Gasteiger partial charge on any atom is 0.130 e. The van der Waals surface area contributed by atoms with Crippen LogP contribution in [0.5, 0.6) is 5.75 Å². The molecule has 3 nitrogen and oxygen atoms in total. The van der Waals surface area contributed by atoms with Gasteiger partial charge in [-0.2, -0.15) is 0 Å². The molecule has 2 aromatic rings. The summed E-state index contributed by atoms with van der Waals surface area (Å²) in [6, 6.07) is 9.97. The van der Waals surface area contributed by atoms with E-state index in [4.69, 9.17) is 10.5 Å². The molecule has 0 radical (unpaired) electrons. The molecule has 0 spiro atoms. The van der Waals surface area contributed by atoms with Crippen LogP contribution in [0.1, 0.15) is 32.1 Å². The van der Waals surface area contributed by atoms with E-state index in [1.807, 2.05) is 30.3 Å². The van der Waals surface area contributed by atoms with Crippen LogP contribution < -0.4 is 10.5 Å². The van der Waals surface area contributed by atoms with Crippen LogP contribution in [-0.2, 0) is 0 Å². The number of hydrogen-bond acceptors (Lipinski definition) is 3. The number of fused-ring (bicyclic) bond motifs is 1. The summed E-state index contributed by atoms with van der Waals surface area (Å²) in [5, 5.41) is 1.06. The predicted molar refractivity (Wildman–Crippen MR) is 77.2 cm³/mol. The van der Waals surface area contributed by atoms with Crippen molar-refractivity contribution >= 4 is 10.9 Å². The van der Waals surface area contributed by atoms with Crippen molar-refractivity contribution in [1.82, 2.24) is 4.98 Å². The highest BCUT2D eigenvalue weighted by molar-refractivity contribution is 5.84. The van der Waals surface area contributed by atoms with Crippen LogP contribution in [0.25, 0.3) is 10.9 Å². The van der Waals surface area contributed by atoms with Gasteiger partial charge in [-0.1, -0.05) is 31.4 Å². The molecule has 0 unspecified atom stereocenters. The standard InChI is InChI=1S/C16H20N2O/c17-16(9-4-1-5-10-16)12-19-15-8-11-18-14-7-3-2-6-13(14)15/h2-3,6-8,11H,1,4-5,9-10,12,17H2. The maximum atomic E-state index is 6.41. The second-order valence-corrected chi connectivity index (χ2v) is 5.54. The van der Waals surface area contributed by atoms with E-state index < -0.39 is 0 Å². The fourth-order valence-corrected chi connectivity index (χ4v) is 2.82. The summed E-state index contributed by atoms with van der Waals surface area (Å²) in [4.78, 5) is 4.34. The second-order valence-electron chi connectivity index (χ2n) is 5.54. The summed E-state index contributed by atoms with van der Waals surface area (Å²) < 4.78 is 6.00. The fourth-order valence-electron chi connectivity index (χ4n) is 2.82. The third-order valence-corrected chi connectivity index (χ3v) is 3.97. The average Bonchev–Trinajstić information content (AvgIpc) is 2.46. The van der Waals surface area contributed by atoms with Gasteiger partial charge in [0.25, 0.3) is 0 Å². The van der Waals surface area contributed by atoms with Gasteiger partial charge in [0.15, 0.2) is 0 Å². The number of rotatable bonds is 3. The van der Waals surface area contributed by atoms with Crippen LogP contribution in [0.2, 0.25) is 0 Å². The van der Waals surface area contributed by atoms with Crippen LogP contribution in [-0.4, -0.2) is 17.1 Å². The Morgan fingerprint density at radius 1 is 1.11 bits per heavy atom. The molecule has 100 valence electrons. The molecule has 0 amide bonds. The van der Waals surface area contributed by atoms with Crippen LogP contribution in [0.4, 0.5) is 0 Å². The van der Waals surface area contributed by atoms with Crippen molar-refractivity contribution in [2.75, 3.05) is 6.61 Å². The molecule has 1 aromatic carbocycles. The molecule has 0 atom stereocenters. The fraction of sp³-hybridized carbons (Fsp3) is 0.438. The number of nitrogens with two attached hydrogens (primary N) is 1. The first-order valence-corrected chi connectivity index (χ1v) is 7.02. The van der Waals surface area contributed by atoms with E-state index in [9.17, 15) is 0 Å². The minimum atomic E-state index is -0.150. The molecule has 19 heavy (non-hydrogen) atoms. The van der Waals surface area contributed by atoms with Gasteiger partial charge in [0, 0.05) is 11.6 Å². The quantitative estimate of drug-likeness (QED) is 0.916. The molecule has 1 fully saturated rings. The SMILES string of the molecule is NC1(COc2ccnc3ccccc23)CCCCC1. The van der Waals surface area contributed by atoms with Crippen molar-refractivity contribution in [2.24, 2.45) is 5.73 Å². The van der Waals surface area contributed by atoms with Gasteiger partial charge in [0.2, 0.25) is 0 Å². The topological polar surface area (TPSA) is 48.1 Å². The monoisotopic (exact) mass is 256 g/mol. The van der Waals surface area contributed by atoms with Gasteiger partial charge < -0.3 is 10.5 Å². The molecular formula is C16H20N2O. The first kappa shape index (κ1) is 12.4. The molecule has 0 bridgehead atoms.